The molecule has 0 amide bonds. The fourth-order valence-corrected chi connectivity index (χ4v) is 4.31. The monoisotopic (exact) mass is 550 g/mol. The van der Waals surface area contributed by atoms with Gasteiger partial charge < -0.3 is 10.2 Å². The summed E-state index contributed by atoms with van der Waals surface area (Å²) < 4.78 is 57.6. The van der Waals surface area contributed by atoms with Crippen molar-refractivity contribution in [2.75, 3.05) is 6.61 Å². The van der Waals surface area contributed by atoms with Gasteiger partial charge in [0.05, 0.1) is 45.0 Å². The standard InChI is InChI=1S/C26H19ClF4N2O5/c1-25(2,12-34)14-7-9-19-20(11-14)33(22(35)21-15(26(29,30)31)4-3-5-16(21)27)24(38)32(19)18-8-6-13(23(36)37)10-17(18)28/h3-11,34H,12H2,1-2H3,(H,36,37). The van der Waals surface area contributed by atoms with Gasteiger partial charge in [0.25, 0.3) is 5.91 Å². The number of hydrogen-bond acceptors (Lipinski definition) is 4. The molecule has 3 aromatic carbocycles. The van der Waals surface area contributed by atoms with E-state index in [1.165, 1.54) is 18.2 Å². The summed E-state index contributed by atoms with van der Waals surface area (Å²) in [7, 11) is 0. The molecule has 2 N–H and O–H groups in total. The zero-order chi connectivity index (χ0) is 28.2. The third kappa shape index (κ3) is 4.48. The minimum absolute atomic E-state index is 0.0524. The van der Waals surface area contributed by atoms with Crippen molar-refractivity contribution in [3.63, 3.8) is 0 Å². The summed E-state index contributed by atoms with van der Waals surface area (Å²) in [6.45, 7) is 2.98. The van der Waals surface area contributed by atoms with Crippen molar-refractivity contribution in [3.05, 3.63) is 98.2 Å². The molecule has 0 unspecified atom stereocenters. The summed E-state index contributed by atoms with van der Waals surface area (Å²) in [4.78, 5) is 38.5. The highest BCUT2D eigenvalue weighted by atomic mass is 35.5. The molecule has 0 aliphatic carbocycles. The molecule has 4 aromatic rings. The van der Waals surface area contributed by atoms with Crippen LogP contribution in [0, 0.1) is 5.82 Å². The van der Waals surface area contributed by atoms with Crippen LogP contribution in [0.15, 0.2) is 59.4 Å². The molecule has 38 heavy (non-hydrogen) atoms. The maximum absolute atomic E-state index is 15.0. The number of carbonyl (C=O) groups is 2. The topological polar surface area (TPSA) is 102 Å². The lowest BCUT2D eigenvalue weighted by Crippen LogP contribution is -2.31. The molecule has 1 aromatic heterocycles. The lowest BCUT2D eigenvalue weighted by molar-refractivity contribution is -0.137. The number of benzene rings is 3. The van der Waals surface area contributed by atoms with Crippen molar-refractivity contribution < 1.29 is 37.4 Å². The van der Waals surface area contributed by atoms with Gasteiger partial charge >= 0.3 is 17.8 Å². The van der Waals surface area contributed by atoms with E-state index in [0.29, 0.717) is 22.3 Å². The highest BCUT2D eigenvalue weighted by molar-refractivity contribution is 6.34. The smallest absolute Gasteiger partial charge is 0.417 e. The maximum atomic E-state index is 15.0. The first-order chi connectivity index (χ1) is 17.7. The average Bonchev–Trinajstić information content (AvgIpc) is 3.13. The minimum Gasteiger partial charge on any atom is -0.478 e. The van der Waals surface area contributed by atoms with Gasteiger partial charge in [-0.25, -0.2) is 18.5 Å². The molecule has 0 radical (unpaired) electrons. The van der Waals surface area contributed by atoms with Crippen molar-refractivity contribution >= 4 is 34.5 Å². The number of nitrogens with zero attached hydrogens (tertiary/aromatic N) is 2. The Morgan fingerprint density at radius 1 is 1.00 bits per heavy atom. The van der Waals surface area contributed by atoms with Crippen LogP contribution in [0.2, 0.25) is 5.02 Å². The summed E-state index contributed by atoms with van der Waals surface area (Å²) in [6.07, 6.45) is -4.99. The zero-order valence-corrected chi connectivity index (χ0v) is 20.6. The van der Waals surface area contributed by atoms with E-state index in [1.807, 2.05) is 0 Å². The van der Waals surface area contributed by atoms with Crippen molar-refractivity contribution in [3.8, 4) is 5.69 Å². The molecule has 0 aliphatic heterocycles. The number of carboxylic acids is 1. The number of aromatic nitrogens is 2. The van der Waals surface area contributed by atoms with Crippen molar-refractivity contribution in [2.45, 2.75) is 25.4 Å². The number of aromatic carboxylic acids is 1. The molecule has 7 nitrogen and oxygen atoms in total. The van der Waals surface area contributed by atoms with Crippen LogP contribution in [-0.4, -0.2) is 37.8 Å². The Bertz CT molecular complexity index is 1670. The number of hydrogen-bond donors (Lipinski definition) is 2. The number of carbonyl (C=O) groups excluding carboxylic acids is 1. The van der Waals surface area contributed by atoms with E-state index in [4.69, 9.17) is 16.7 Å². The molecule has 0 aliphatic rings. The molecule has 0 spiro atoms. The van der Waals surface area contributed by atoms with E-state index in [-0.39, 0.29) is 17.6 Å². The summed E-state index contributed by atoms with van der Waals surface area (Å²) in [5, 5.41) is 18.4. The second-order valence-corrected chi connectivity index (χ2v) is 9.54. The molecular formula is C26H19ClF4N2O5. The molecule has 4 rings (SSSR count). The molecule has 198 valence electrons. The number of aliphatic hydroxyl groups is 1. The van der Waals surface area contributed by atoms with Crippen LogP contribution >= 0.6 is 11.6 Å². The van der Waals surface area contributed by atoms with Crippen molar-refractivity contribution in [2.24, 2.45) is 0 Å². The SMILES string of the molecule is CC(C)(CO)c1ccc2c(c1)n(C(=O)c1c(Cl)cccc1C(F)(F)F)c(=O)n2-c1ccc(C(=O)O)cc1F. The summed E-state index contributed by atoms with van der Waals surface area (Å²) in [5.74, 6) is -3.94. The van der Waals surface area contributed by atoms with E-state index in [9.17, 15) is 32.7 Å². The van der Waals surface area contributed by atoms with Crippen molar-refractivity contribution in [1.82, 2.24) is 9.13 Å². The lowest BCUT2D eigenvalue weighted by atomic mass is 9.85. The molecule has 0 fully saturated rings. The Hall–Kier alpha value is -3.96. The van der Waals surface area contributed by atoms with Gasteiger partial charge in [0, 0.05) is 5.41 Å². The predicted molar refractivity (Wildman–Crippen MR) is 131 cm³/mol. The van der Waals surface area contributed by atoms with Crippen LogP contribution in [0.25, 0.3) is 16.7 Å². The normalized spacial score (nSPS) is 12.2. The first-order valence-corrected chi connectivity index (χ1v) is 11.4. The van der Waals surface area contributed by atoms with Gasteiger partial charge in [-0.15, -0.1) is 0 Å². The third-order valence-corrected chi connectivity index (χ3v) is 6.50. The average molecular weight is 551 g/mol. The number of fused-ring (bicyclic) bond motifs is 1. The first kappa shape index (κ1) is 27.1. The van der Waals surface area contributed by atoms with Crippen LogP contribution in [-0.2, 0) is 11.6 Å². The largest absolute Gasteiger partial charge is 0.478 e. The Labute approximate surface area is 217 Å². The van der Waals surface area contributed by atoms with Crippen LogP contribution in [0.4, 0.5) is 17.6 Å². The third-order valence-electron chi connectivity index (χ3n) is 6.19. The van der Waals surface area contributed by atoms with Gasteiger partial charge in [0.15, 0.2) is 0 Å². The summed E-state index contributed by atoms with van der Waals surface area (Å²) >= 11 is 6.01. The van der Waals surface area contributed by atoms with Crippen LogP contribution < -0.4 is 5.69 Å². The molecule has 1 heterocycles. The van der Waals surface area contributed by atoms with Gasteiger partial charge in [-0.3, -0.25) is 9.36 Å². The van der Waals surface area contributed by atoms with Gasteiger partial charge in [0.2, 0.25) is 0 Å². The summed E-state index contributed by atoms with van der Waals surface area (Å²) in [6, 6.07) is 9.66. The quantitative estimate of drug-likeness (QED) is 0.330. The van der Waals surface area contributed by atoms with Gasteiger partial charge in [0.1, 0.15) is 5.82 Å². The highest BCUT2D eigenvalue weighted by Crippen LogP contribution is 2.36. The van der Waals surface area contributed by atoms with E-state index < -0.39 is 62.4 Å². The Morgan fingerprint density at radius 2 is 1.68 bits per heavy atom. The number of halogens is 5. The highest BCUT2D eigenvalue weighted by Gasteiger charge is 2.38. The van der Waals surface area contributed by atoms with E-state index >= 15 is 4.39 Å². The van der Waals surface area contributed by atoms with Gasteiger partial charge in [-0.1, -0.05) is 37.6 Å². The molecule has 0 saturated carbocycles. The molecule has 0 bridgehead atoms. The van der Waals surface area contributed by atoms with Gasteiger partial charge in [-0.05, 0) is 48.0 Å². The fraction of sp³-hybridized carbons (Fsp3) is 0.192. The molecular weight excluding hydrogens is 532 g/mol. The van der Waals surface area contributed by atoms with Crippen LogP contribution in [0.5, 0.6) is 0 Å². The number of imidazole rings is 1. The van der Waals surface area contributed by atoms with Crippen LogP contribution in [0.3, 0.4) is 0 Å². The Kier molecular flexibility index (Phi) is 6.71. The zero-order valence-electron chi connectivity index (χ0n) is 19.8. The number of carboxylic acid groups (broad SMARTS) is 1. The second-order valence-electron chi connectivity index (χ2n) is 9.14. The van der Waals surface area contributed by atoms with Crippen molar-refractivity contribution in [1.29, 1.82) is 0 Å². The number of aliphatic hydroxyl groups excluding tert-OH is 1. The van der Waals surface area contributed by atoms with E-state index in [1.54, 1.807) is 13.8 Å². The molecule has 12 heteroatoms. The minimum atomic E-state index is -4.99. The molecule has 0 saturated heterocycles. The van der Waals surface area contributed by atoms with E-state index in [2.05, 4.69) is 0 Å². The second kappa shape index (κ2) is 9.41. The predicted octanol–water partition coefficient (Wildman–Crippen LogP) is 5.26. The summed E-state index contributed by atoms with van der Waals surface area (Å²) in [5.41, 5.74) is -5.06. The number of rotatable bonds is 5. The Balaban J connectivity index is 2.11. The fourth-order valence-electron chi connectivity index (χ4n) is 4.05. The lowest BCUT2D eigenvalue weighted by Gasteiger charge is -2.22. The van der Waals surface area contributed by atoms with E-state index in [0.717, 1.165) is 28.8 Å². The van der Waals surface area contributed by atoms with Gasteiger partial charge in [-0.2, -0.15) is 13.2 Å². The number of alkyl halides is 3. The maximum Gasteiger partial charge on any atom is 0.417 e. The Morgan fingerprint density at radius 3 is 2.26 bits per heavy atom. The first-order valence-electron chi connectivity index (χ1n) is 11.0. The molecule has 0 atom stereocenters. The van der Waals surface area contributed by atoms with Crippen LogP contribution in [0.1, 0.15) is 45.7 Å².